The topological polar surface area (TPSA) is 183 Å². The third-order valence-electron chi connectivity index (χ3n) is 10.8. The molecule has 1 aromatic heterocycles. The average molecular weight is 682 g/mol. The van der Waals surface area contributed by atoms with Crippen LogP contribution in [0.4, 0.5) is 0 Å². The van der Waals surface area contributed by atoms with E-state index < -0.39 is 53.4 Å². The van der Waals surface area contributed by atoms with Gasteiger partial charge in [0.15, 0.2) is 6.10 Å². The van der Waals surface area contributed by atoms with Crippen LogP contribution in [0.25, 0.3) is 0 Å². The molecule has 4 aliphatic rings. The van der Waals surface area contributed by atoms with E-state index in [-0.39, 0.29) is 41.3 Å². The first-order valence-corrected chi connectivity index (χ1v) is 18.4. The van der Waals surface area contributed by atoms with E-state index in [0.717, 1.165) is 64.2 Å². The molecule has 13 heteroatoms. The van der Waals surface area contributed by atoms with Gasteiger partial charge in [-0.25, -0.2) is 4.98 Å². The van der Waals surface area contributed by atoms with E-state index >= 15 is 0 Å². The van der Waals surface area contributed by atoms with E-state index in [9.17, 15) is 29.1 Å². The van der Waals surface area contributed by atoms with Crippen LogP contribution in [0.2, 0.25) is 0 Å². The number of aliphatic hydroxyl groups excluding tert-OH is 1. The van der Waals surface area contributed by atoms with E-state index in [1.807, 2.05) is 27.7 Å². The number of nitrogens with one attached hydrogen (secondary N) is 4. The van der Waals surface area contributed by atoms with Gasteiger partial charge in [0.2, 0.25) is 17.7 Å². The van der Waals surface area contributed by atoms with Crippen LogP contribution >= 0.6 is 0 Å². The summed E-state index contributed by atoms with van der Waals surface area (Å²) in [6, 6.07) is -3.35. The molecule has 0 radical (unpaired) electrons. The lowest BCUT2D eigenvalue weighted by atomic mass is 9.82. The molecular formula is C36H55N7O6. The number of amides is 5. The third kappa shape index (κ3) is 8.95. The lowest BCUT2D eigenvalue weighted by Gasteiger charge is -2.38. The van der Waals surface area contributed by atoms with Gasteiger partial charge in [-0.05, 0) is 68.1 Å². The highest BCUT2D eigenvalue weighted by Crippen LogP contribution is 2.43. The average Bonchev–Trinajstić information content (AvgIpc) is 3.65. The number of hydrogen-bond acceptors (Lipinski definition) is 8. The van der Waals surface area contributed by atoms with Gasteiger partial charge in [0.1, 0.15) is 23.8 Å². The Morgan fingerprint density at radius 2 is 1.65 bits per heavy atom. The zero-order valence-corrected chi connectivity index (χ0v) is 29.5. The van der Waals surface area contributed by atoms with Crippen LogP contribution in [0.15, 0.2) is 18.6 Å². The van der Waals surface area contributed by atoms with E-state index in [1.165, 1.54) is 18.6 Å². The summed E-state index contributed by atoms with van der Waals surface area (Å²) >= 11 is 0. The predicted octanol–water partition coefficient (Wildman–Crippen LogP) is 2.24. The molecule has 0 aromatic carbocycles. The Balaban J connectivity index is 1.35. The van der Waals surface area contributed by atoms with Crippen molar-refractivity contribution in [2.24, 2.45) is 23.2 Å². The van der Waals surface area contributed by atoms with Crippen LogP contribution in [0.5, 0.6) is 0 Å². The maximum Gasteiger partial charge on any atom is 0.272 e. The Morgan fingerprint density at radius 1 is 0.918 bits per heavy atom. The molecule has 13 nitrogen and oxygen atoms in total. The van der Waals surface area contributed by atoms with Crippen molar-refractivity contribution in [3.8, 4) is 0 Å². The van der Waals surface area contributed by atoms with Crippen LogP contribution in [-0.2, 0) is 19.2 Å². The Morgan fingerprint density at radius 3 is 2.29 bits per heavy atom. The number of carbonyl (C=O) groups excluding carboxylic acids is 5. The van der Waals surface area contributed by atoms with Crippen molar-refractivity contribution < 1.29 is 29.1 Å². The van der Waals surface area contributed by atoms with E-state index in [4.69, 9.17) is 0 Å². The van der Waals surface area contributed by atoms with Crippen molar-refractivity contribution in [3.05, 3.63) is 24.3 Å². The number of rotatable bonds is 13. The number of likely N-dealkylation sites (tertiary alicyclic amines) is 1. The highest BCUT2D eigenvalue weighted by atomic mass is 16.3. The number of hydrogen-bond donors (Lipinski definition) is 5. The van der Waals surface area contributed by atoms with Crippen molar-refractivity contribution >= 4 is 29.5 Å². The van der Waals surface area contributed by atoms with Crippen molar-refractivity contribution in [3.63, 3.8) is 0 Å². The van der Waals surface area contributed by atoms with Crippen LogP contribution in [0.3, 0.4) is 0 Å². The van der Waals surface area contributed by atoms with Gasteiger partial charge in [-0.15, -0.1) is 0 Å². The SMILES string of the molecule is CCC[C@H](NC(=O)C1C2CCCC2CN1C(=O)[C@@H](NC(=O)[C@@H](NC(=O)c1cnccn1)C1CCCCC1)C(C)(C)C)C(O)C(=O)NC1CC1. The second-order valence-electron chi connectivity index (χ2n) is 15.7. The maximum absolute atomic E-state index is 14.6. The number of fused-ring (bicyclic) bond motifs is 1. The second kappa shape index (κ2) is 15.9. The Bertz CT molecular complexity index is 1340. The van der Waals surface area contributed by atoms with Gasteiger partial charge in [0.05, 0.1) is 12.2 Å². The van der Waals surface area contributed by atoms with Gasteiger partial charge < -0.3 is 31.3 Å². The molecular weight excluding hydrogens is 626 g/mol. The number of carbonyl (C=O) groups is 5. The van der Waals surface area contributed by atoms with Gasteiger partial charge in [-0.1, -0.05) is 59.8 Å². The van der Waals surface area contributed by atoms with Gasteiger partial charge in [-0.3, -0.25) is 29.0 Å². The molecule has 3 aliphatic carbocycles. The minimum Gasteiger partial charge on any atom is -0.381 e. The third-order valence-corrected chi connectivity index (χ3v) is 10.8. The molecule has 5 N–H and O–H groups in total. The van der Waals surface area contributed by atoms with Crippen molar-refractivity contribution in [1.82, 2.24) is 36.1 Å². The first kappa shape index (κ1) is 36.7. The highest BCUT2D eigenvalue weighted by molar-refractivity contribution is 5.98. The van der Waals surface area contributed by atoms with Crippen LogP contribution in [0, 0.1) is 23.2 Å². The standard InChI is InChI=1S/C36H55N7O6/c1-5-10-25(29(44)34(48)39-23-15-16-23)40-33(47)28-24-14-9-13-22(24)20-43(28)35(49)30(36(2,3)4)42-32(46)27(21-11-7-6-8-12-21)41-31(45)26-19-37-17-18-38-26/h17-19,21-25,27-30,44H,5-16,20H2,1-4H3,(H,39,48)(H,40,47)(H,41,45)(H,42,46)/t22?,24?,25-,27-,28?,29?,30+/m0/s1. The summed E-state index contributed by atoms with van der Waals surface area (Å²) in [6.07, 6.45) is 12.8. The summed E-state index contributed by atoms with van der Waals surface area (Å²) in [4.78, 5) is 78.5. The quantitative estimate of drug-likeness (QED) is 0.210. The summed E-state index contributed by atoms with van der Waals surface area (Å²) in [5, 5.41) is 22.6. The lowest BCUT2D eigenvalue weighted by molar-refractivity contribution is -0.146. The van der Waals surface area contributed by atoms with Gasteiger partial charge in [0, 0.05) is 25.0 Å². The largest absolute Gasteiger partial charge is 0.381 e. The Kier molecular flexibility index (Phi) is 11.9. The molecule has 4 fully saturated rings. The minimum absolute atomic E-state index is 0.0544. The minimum atomic E-state index is -1.40. The van der Waals surface area contributed by atoms with Gasteiger partial charge in [-0.2, -0.15) is 0 Å². The molecule has 0 bridgehead atoms. The number of aromatic nitrogens is 2. The Hall–Kier alpha value is -3.61. The summed E-state index contributed by atoms with van der Waals surface area (Å²) in [6.45, 7) is 7.95. The smallest absolute Gasteiger partial charge is 0.272 e. The molecule has 1 saturated heterocycles. The van der Waals surface area contributed by atoms with Crippen molar-refractivity contribution in [1.29, 1.82) is 0 Å². The van der Waals surface area contributed by atoms with Crippen molar-refractivity contribution in [2.45, 2.75) is 141 Å². The summed E-state index contributed by atoms with van der Waals surface area (Å²) in [7, 11) is 0. The van der Waals surface area contributed by atoms with Gasteiger partial charge in [0.25, 0.3) is 11.8 Å². The molecule has 7 atom stereocenters. The number of aliphatic hydroxyl groups is 1. The fourth-order valence-corrected chi connectivity index (χ4v) is 8.00. The lowest BCUT2D eigenvalue weighted by Crippen LogP contribution is -2.62. The first-order valence-electron chi connectivity index (χ1n) is 18.4. The molecule has 0 spiro atoms. The first-order chi connectivity index (χ1) is 23.4. The number of nitrogens with zero attached hydrogens (tertiary/aromatic N) is 3. The Labute approximate surface area is 289 Å². The molecule has 3 saturated carbocycles. The maximum atomic E-state index is 14.6. The molecule has 49 heavy (non-hydrogen) atoms. The molecule has 270 valence electrons. The van der Waals surface area contributed by atoms with Crippen molar-refractivity contribution in [2.75, 3.05) is 6.54 Å². The fourth-order valence-electron chi connectivity index (χ4n) is 8.00. The normalized spacial score (nSPS) is 25.0. The summed E-state index contributed by atoms with van der Waals surface area (Å²) in [5.74, 6) is -2.18. The van der Waals surface area contributed by atoms with Gasteiger partial charge >= 0.3 is 0 Å². The van der Waals surface area contributed by atoms with Crippen LogP contribution in [-0.4, -0.2) is 92.4 Å². The molecule has 1 aromatic rings. The molecule has 5 rings (SSSR count). The fraction of sp³-hybridized carbons (Fsp3) is 0.750. The van der Waals surface area contributed by atoms with E-state index in [0.29, 0.717) is 19.4 Å². The summed E-state index contributed by atoms with van der Waals surface area (Å²) < 4.78 is 0. The second-order valence-corrected chi connectivity index (χ2v) is 15.7. The molecule has 4 unspecified atom stereocenters. The molecule has 2 heterocycles. The van der Waals surface area contributed by atoms with Crippen LogP contribution < -0.4 is 21.3 Å². The van der Waals surface area contributed by atoms with E-state index in [1.54, 1.807) is 4.90 Å². The highest BCUT2D eigenvalue weighted by Gasteiger charge is 2.52. The van der Waals surface area contributed by atoms with Crippen LogP contribution in [0.1, 0.15) is 115 Å². The molecule has 1 aliphatic heterocycles. The monoisotopic (exact) mass is 681 g/mol. The predicted molar refractivity (Wildman–Crippen MR) is 182 cm³/mol. The zero-order chi connectivity index (χ0) is 35.3. The summed E-state index contributed by atoms with van der Waals surface area (Å²) in [5.41, 5.74) is -0.618. The van der Waals surface area contributed by atoms with E-state index in [2.05, 4.69) is 31.2 Å². The molecule has 5 amide bonds. The zero-order valence-electron chi connectivity index (χ0n) is 29.5.